The molecule has 12 heteroatoms. The number of carboxylic acid groups (broad SMARTS) is 2. The number of carbonyl (C=O) groups is 6. The Morgan fingerprint density at radius 3 is 1.00 bits per heavy atom. The minimum absolute atomic E-state index is 0.159. The van der Waals surface area contributed by atoms with Gasteiger partial charge in [0, 0.05) is 25.7 Å². The normalized spacial score (nSPS) is 12.2. The average molecular weight is 491 g/mol. The first-order chi connectivity index (χ1) is 16.1. The summed E-state index contributed by atoms with van der Waals surface area (Å²) in [5.41, 5.74) is 0. The van der Waals surface area contributed by atoms with Gasteiger partial charge in [0.2, 0.25) is 12.2 Å². The second-order valence-corrected chi connectivity index (χ2v) is 7.48. The number of unbranched alkanes of at least 4 members (excludes halogenated alkanes) is 6. The number of aliphatic carboxylic acids is 2. The molecular weight excluding hydrogens is 456 g/mol. The average Bonchev–Trinajstić information content (AvgIpc) is 2.79. The predicted octanol–water partition coefficient (Wildman–Crippen LogP) is 2.01. The van der Waals surface area contributed by atoms with E-state index >= 15 is 0 Å². The van der Waals surface area contributed by atoms with Crippen molar-refractivity contribution in [3.05, 3.63) is 0 Å². The molecule has 2 atom stereocenters. The van der Waals surface area contributed by atoms with E-state index in [1.807, 2.05) is 0 Å². The molecular formula is C22H34O12. The van der Waals surface area contributed by atoms with Crippen LogP contribution in [0.2, 0.25) is 0 Å². The zero-order valence-electron chi connectivity index (χ0n) is 19.6. The van der Waals surface area contributed by atoms with E-state index in [1.54, 1.807) is 0 Å². The van der Waals surface area contributed by atoms with Crippen LogP contribution >= 0.6 is 0 Å². The van der Waals surface area contributed by atoms with Gasteiger partial charge in [-0.05, 0) is 25.7 Å². The minimum Gasteiger partial charge on any atom is -0.478 e. The number of methoxy groups -OCH3 is 2. The Balaban J connectivity index is 4.48. The summed E-state index contributed by atoms with van der Waals surface area (Å²) in [6, 6.07) is 0. The molecule has 0 fully saturated rings. The van der Waals surface area contributed by atoms with E-state index in [9.17, 15) is 39.0 Å². The maximum atomic E-state index is 12.0. The fourth-order valence-corrected chi connectivity index (χ4v) is 2.87. The van der Waals surface area contributed by atoms with Gasteiger partial charge in [-0.1, -0.05) is 25.7 Å². The summed E-state index contributed by atoms with van der Waals surface area (Å²) in [5, 5.41) is 18.6. The van der Waals surface area contributed by atoms with Crippen LogP contribution in [0.15, 0.2) is 0 Å². The SMILES string of the molecule is COC(=O)CCCCCCC(=O)OC(C(=O)O)C(OC(=O)CCCCCCC(=O)OC)C(=O)O. The molecule has 0 rings (SSSR count). The fraction of sp³-hybridized carbons (Fsp3) is 0.727. The van der Waals surface area contributed by atoms with Gasteiger partial charge in [-0.25, -0.2) is 9.59 Å². The van der Waals surface area contributed by atoms with Crippen molar-refractivity contribution in [1.82, 2.24) is 0 Å². The van der Waals surface area contributed by atoms with Gasteiger partial charge < -0.3 is 29.2 Å². The lowest BCUT2D eigenvalue weighted by atomic mass is 10.1. The summed E-state index contributed by atoms with van der Waals surface area (Å²) < 4.78 is 18.6. The van der Waals surface area contributed by atoms with Gasteiger partial charge in [-0.3, -0.25) is 19.2 Å². The molecule has 194 valence electrons. The van der Waals surface area contributed by atoms with Crippen molar-refractivity contribution >= 4 is 35.8 Å². The highest BCUT2D eigenvalue weighted by Gasteiger charge is 2.40. The van der Waals surface area contributed by atoms with Crippen molar-refractivity contribution in [2.24, 2.45) is 0 Å². The zero-order valence-corrected chi connectivity index (χ0v) is 19.6. The molecule has 0 radical (unpaired) electrons. The van der Waals surface area contributed by atoms with Crippen LogP contribution in [0.5, 0.6) is 0 Å². The summed E-state index contributed by atoms with van der Waals surface area (Å²) in [6.07, 6.45) is 0.0716. The number of carbonyl (C=O) groups excluding carboxylic acids is 4. The van der Waals surface area contributed by atoms with Crippen LogP contribution in [0.25, 0.3) is 0 Å². The van der Waals surface area contributed by atoms with Gasteiger partial charge in [-0.15, -0.1) is 0 Å². The molecule has 0 saturated heterocycles. The number of hydrogen-bond acceptors (Lipinski definition) is 10. The Morgan fingerprint density at radius 1 is 0.500 bits per heavy atom. The molecule has 2 unspecified atom stereocenters. The minimum atomic E-state index is -2.19. The van der Waals surface area contributed by atoms with E-state index in [0.717, 1.165) is 0 Å². The second kappa shape index (κ2) is 18.3. The predicted molar refractivity (Wildman–Crippen MR) is 114 cm³/mol. The van der Waals surface area contributed by atoms with Crippen LogP contribution in [0.4, 0.5) is 0 Å². The summed E-state index contributed by atoms with van der Waals surface area (Å²) in [7, 11) is 2.57. The van der Waals surface area contributed by atoms with Crippen molar-refractivity contribution in [3.63, 3.8) is 0 Å². The molecule has 0 aromatic heterocycles. The molecule has 2 N–H and O–H groups in total. The maximum absolute atomic E-state index is 12.0. The van der Waals surface area contributed by atoms with Crippen LogP contribution in [0, 0.1) is 0 Å². The zero-order chi connectivity index (χ0) is 25.9. The molecule has 0 spiro atoms. The molecule has 0 aromatic carbocycles. The lowest BCUT2D eigenvalue weighted by molar-refractivity contribution is -0.187. The van der Waals surface area contributed by atoms with Gasteiger partial charge in [0.15, 0.2) is 0 Å². The molecule has 0 aliphatic carbocycles. The number of esters is 4. The smallest absolute Gasteiger partial charge is 0.349 e. The van der Waals surface area contributed by atoms with Gasteiger partial charge in [0.25, 0.3) is 0 Å². The number of ether oxygens (including phenoxy) is 4. The maximum Gasteiger partial charge on any atom is 0.349 e. The van der Waals surface area contributed by atoms with Crippen molar-refractivity contribution in [2.75, 3.05) is 14.2 Å². The Bertz CT molecular complexity index is 629. The number of carboxylic acids is 2. The third-order valence-corrected chi connectivity index (χ3v) is 4.76. The van der Waals surface area contributed by atoms with E-state index in [1.165, 1.54) is 14.2 Å². The quantitative estimate of drug-likeness (QED) is 0.153. The molecule has 0 aliphatic heterocycles. The van der Waals surface area contributed by atoms with Crippen molar-refractivity contribution in [1.29, 1.82) is 0 Å². The van der Waals surface area contributed by atoms with Crippen LogP contribution in [-0.2, 0) is 47.7 Å². The highest BCUT2D eigenvalue weighted by Crippen LogP contribution is 2.13. The van der Waals surface area contributed by atoms with E-state index in [0.29, 0.717) is 51.4 Å². The first kappa shape index (κ1) is 30.8. The molecule has 34 heavy (non-hydrogen) atoms. The Labute approximate surface area is 197 Å². The summed E-state index contributed by atoms with van der Waals surface area (Å²) in [5.74, 6) is -6.06. The van der Waals surface area contributed by atoms with Crippen LogP contribution < -0.4 is 0 Å². The first-order valence-corrected chi connectivity index (χ1v) is 11.1. The Kier molecular flexibility index (Phi) is 16.6. The van der Waals surface area contributed by atoms with E-state index in [2.05, 4.69) is 9.47 Å². The molecule has 0 aliphatic rings. The molecule has 0 bridgehead atoms. The summed E-state index contributed by atoms with van der Waals surface area (Å²) in [6.45, 7) is 0. The van der Waals surface area contributed by atoms with Gasteiger partial charge in [0.1, 0.15) is 0 Å². The highest BCUT2D eigenvalue weighted by atomic mass is 16.6. The van der Waals surface area contributed by atoms with Gasteiger partial charge in [-0.2, -0.15) is 0 Å². The Hall–Kier alpha value is -3.18. The lowest BCUT2D eigenvalue weighted by Crippen LogP contribution is -2.45. The summed E-state index contributed by atoms with van der Waals surface area (Å²) >= 11 is 0. The van der Waals surface area contributed by atoms with Gasteiger partial charge >= 0.3 is 35.8 Å². The van der Waals surface area contributed by atoms with Crippen molar-refractivity contribution in [3.8, 4) is 0 Å². The molecule has 0 amide bonds. The van der Waals surface area contributed by atoms with Gasteiger partial charge in [0.05, 0.1) is 14.2 Å². The van der Waals surface area contributed by atoms with Crippen molar-refractivity contribution in [2.45, 2.75) is 89.3 Å². The third kappa shape index (κ3) is 14.8. The molecule has 0 heterocycles. The summed E-state index contributed by atoms with van der Waals surface area (Å²) in [4.78, 5) is 68.9. The standard InChI is InChI=1S/C22H34O12/c1-31-15(23)11-7-3-5-9-13-17(25)33-19(21(27)28)20(22(29)30)34-18(26)14-10-6-4-8-12-16(24)32-2/h19-20H,3-14H2,1-2H3,(H,27,28)(H,29,30). The molecule has 0 aromatic rings. The van der Waals surface area contributed by atoms with E-state index in [-0.39, 0.29) is 37.6 Å². The first-order valence-electron chi connectivity index (χ1n) is 11.1. The topological polar surface area (TPSA) is 180 Å². The lowest BCUT2D eigenvalue weighted by Gasteiger charge is -2.21. The third-order valence-electron chi connectivity index (χ3n) is 4.76. The largest absolute Gasteiger partial charge is 0.478 e. The number of hydrogen-bond donors (Lipinski definition) is 2. The van der Waals surface area contributed by atoms with Crippen LogP contribution in [0.1, 0.15) is 77.0 Å². The van der Waals surface area contributed by atoms with E-state index in [4.69, 9.17) is 9.47 Å². The van der Waals surface area contributed by atoms with Crippen LogP contribution in [-0.4, -0.2) is 72.5 Å². The van der Waals surface area contributed by atoms with Crippen LogP contribution in [0.3, 0.4) is 0 Å². The van der Waals surface area contributed by atoms with Crippen molar-refractivity contribution < 1.29 is 57.9 Å². The molecule has 0 saturated carbocycles. The monoisotopic (exact) mass is 490 g/mol. The Morgan fingerprint density at radius 2 is 0.765 bits per heavy atom. The molecule has 12 nitrogen and oxygen atoms in total. The van der Waals surface area contributed by atoms with E-state index < -0.39 is 36.1 Å². The fourth-order valence-electron chi connectivity index (χ4n) is 2.87. The number of rotatable bonds is 19. The highest BCUT2D eigenvalue weighted by molar-refractivity contribution is 5.87. The second-order valence-electron chi connectivity index (χ2n) is 7.48.